The van der Waals surface area contributed by atoms with Crippen molar-refractivity contribution in [2.24, 2.45) is 0 Å². The van der Waals surface area contributed by atoms with Crippen LogP contribution in [-0.2, 0) is 16.1 Å². The normalized spacial score (nSPS) is 10.3. The number of amides is 1. The van der Waals surface area contributed by atoms with Crippen LogP contribution in [0.4, 0.5) is 0 Å². The van der Waals surface area contributed by atoms with Crippen LogP contribution in [0.5, 0.6) is 5.75 Å². The van der Waals surface area contributed by atoms with Crippen molar-refractivity contribution in [3.63, 3.8) is 0 Å². The number of ether oxygens (including phenoxy) is 1. The maximum atomic E-state index is 11.9. The Labute approximate surface area is 136 Å². The van der Waals surface area contributed by atoms with Gasteiger partial charge in [-0.3, -0.25) is 4.79 Å². The van der Waals surface area contributed by atoms with E-state index in [1.54, 1.807) is 18.4 Å². The lowest BCUT2D eigenvalue weighted by molar-refractivity contribution is -0.133. The lowest BCUT2D eigenvalue weighted by atomic mass is 10.2. The molecule has 0 atom stereocenters. The van der Waals surface area contributed by atoms with E-state index in [1.165, 1.54) is 23.1 Å². The first-order chi connectivity index (χ1) is 10.5. The van der Waals surface area contributed by atoms with Gasteiger partial charge in [-0.15, -0.1) is 0 Å². The Bertz CT molecular complexity index is 672. The van der Waals surface area contributed by atoms with Crippen LogP contribution in [0.25, 0.3) is 0 Å². The standard InChI is InChI=1S/C15H14ClNO4S/c1-17(7-10-4-5-22-9-10)14(19)8-21-15(20)12-3-2-11(16)6-13(12)18/h2-6,9,18H,7-8H2,1H3. The van der Waals surface area contributed by atoms with Gasteiger partial charge in [-0.1, -0.05) is 11.6 Å². The molecule has 1 aromatic heterocycles. The zero-order valence-corrected chi connectivity index (χ0v) is 13.4. The highest BCUT2D eigenvalue weighted by molar-refractivity contribution is 7.07. The average Bonchev–Trinajstić information content (AvgIpc) is 2.97. The van der Waals surface area contributed by atoms with Gasteiger partial charge in [-0.05, 0) is 40.6 Å². The number of carbonyl (C=O) groups is 2. The molecular formula is C15H14ClNO4S. The van der Waals surface area contributed by atoms with Crippen LogP contribution in [0, 0.1) is 0 Å². The number of halogens is 1. The summed E-state index contributed by atoms with van der Waals surface area (Å²) in [7, 11) is 1.63. The SMILES string of the molecule is CN(Cc1ccsc1)C(=O)COC(=O)c1ccc(Cl)cc1O. The van der Waals surface area contributed by atoms with Gasteiger partial charge < -0.3 is 14.7 Å². The topological polar surface area (TPSA) is 66.8 Å². The second kappa shape index (κ2) is 7.29. The highest BCUT2D eigenvalue weighted by atomic mass is 35.5. The van der Waals surface area contributed by atoms with E-state index in [-0.39, 0.29) is 23.8 Å². The van der Waals surface area contributed by atoms with Gasteiger partial charge in [0.25, 0.3) is 5.91 Å². The van der Waals surface area contributed by atoms with E-state index in [0.717, 1.165) is 5.56 Å². The molecule has 116 valence electrons. The Balaban J connectivity index is 1.88. The molecule has 0 aliphatic heterocycles. The Morgan fingerprint density at radius 3 is 2.77 bits per heavy atom. The van der Waals surface area contributed by atoms with Crippen molar-refractivity contribution in [2.45, 2.75) is 6.54 Å². The molecule has 0 bridgehead atoms. The highest BCUT2D eigenvalue weighted by Crippen LogP contribution is 2.22. The van der Waals surface area contributed by atoms with Crippen LogP contribution in [0.2, 0.25) is 5.02 Å². The van der Waals surface area contributed by atoms with Gasteiger partial charge in [-0.25, -0.2) is 4.79 Å². The number of aromatic hydroxyl groups is 1. The van der Waals surface area contributed by atoms with Gasteiger partial charge in [0, 0.05) is 18.6 Å². The number of esters is 1. The molecule has 2 aromatic rings. The van der Waals surface area contributed by atoms with Crippen molar-refractivity contribution >= 4 is 34.8 Å². The predicted molar refractivity (Wildman–Crippen MR) is 84.2 cm³/mol. The fourth-order valence-electron chi connectivity index (χ4n) is 1.74. The van der Waals surface area contributed by atoms with E-state index >= 15 is 0 Å². The monoisotopic (exact) mass is 339 g/mol. The number of benzene rings is 1. The summed E-state index contributed by atoms with van der Waals surface area (Å²) < 4.78 is 4.92. The summed E-state index contributed by atoms with van der Waals surface area (Å²) in [6.45, 7) is 0.0631. The summed E-state index contributed by atoms with van der Waals surface area (Å²) in [6, 6.07) is 5.97. The third-order valence-corrected chi connectivity index (χ3v) is 3.90. The number of phenols is 1. The van der Waals surface area contributed by atoms with Crippen molar-refractivity contribution in [1.29, 1.82) is 0 Å². The quantitative estimate of drug-likeness (QED) is 0.850. The lowest BCUT2D eigenvalue weighted by Crippen LogP contribution is -2.30. The Morgan fingerprint density at radius 1 is 1.36 bits per heavy atom. The second-order valence-electron chi connectivity index (χ2n) is 4.62. The smallest absolute Gasteiger partial charge is 0.342 e. The molecule has 5 nitrogen and oxygen atoms in total. The predicted octanol–water partition coefficient (Wildman–Crippen LogP) is 2.92. The lowest BCUT2D eigenvalue weighted by Gasteiger charge is -2.16. The molecule has 0 aliphatic rings. The van der Waals surface area contributed by atoms with Gasteiger partial charge in [0.2, 0.25) is 0 Å². The molecule has 2 rings (SSSR count). The van der Waals surface area contributed by atoms with Gasteiger partial charge in [-0.2, -0.15) is 11.3 Å². The van der Waals surface area contributed by atoms with Crippen molar-refractivity contribution in [1.82, 2.24) is 4.90 Å². The van der Waals surface area contributed by atoms with Crippen LogP contribution in [0.15, 0.2) is 35.0 Å². The van der Waals surface area contributed by atoms with E-state index < -0.39 is 5.97 Å². The Kier molecular flexibility index (Phi) is 5.41. The second-order valence-corrected chi connectivity index (χ2v) is 5.84. The molecule has 22 heavy (non-hydrogen) atoms. The number of carbonyl (C=O) groups excluding carboxylic acids is 2. The summed E-state index contributed by atoms with van der Waals surface area (Å²) >= 11 is 7.24. The number of hydrogen-bond acceptors (Lipinski definition) is 5. The van der Waals surface area contributed by atoms with E-state index in [1.807, 2.05) is 16.8 Å². The molecule has 0 saturated heterocycles. The Hall–Kier alpha value is -2.05. The maximum absolute atomic E-state index is 11.9. The van der Waals surface area contributed by atoms with Crippen LogP contribution >= 0.6 is 22.9 Å². The molecule has 1 amide bonds. The summed E-state index contributed by atoms with van der Waals surface area (Å²) in [5, 5.41) is 13.8. The van der Waals surface area contributed by atoms with Gasteiger partial charge in [0.05, 0.1) is 0 Å². The number of phenolic OH excluding ortho intramolecular Hbond substituents is 1. The molecule has 7 heteroatoms. The first-order valence-electron chi connectivity index (χ1n) is 6.38. The largest absolute Gasteiger partial charge is 0.507 e. The van der Waals surface area contributed by atoms with Gasteiger partial charge >= 0.3 is 5.97 Å². The summed E-state index contributed by atoms with van der Waals surface area (Å²) in [4.78, 5) is 25.2. The zero-order valence-electron chi connectivity index (χ0n) is 11.8. The van der Waals surface area contributed by atoms with Crippen molar-refractivity contribution < 1.29 is 19.4 Å². The molecule has 1 aromatic carbocycles. The van der Waals surface area contributed by atoms with E-state index in [9.17, 15) is 14.7 Å². The number of rotatable bonds is 5. The minimum Gasteiger partial charge on any atom is -0.507 e. The van der Waals surface area contributed by atoms with Gasteiger partial charge in [0.15, 0.2) is 6.61 Å². The van der Waals surface area contributed by atoms with E-state index in [4.69, 9.17) is 16.3 Å². The number of hydrogen-bond donors (Lipinski definition) is 1. The van der Waals surface area contributed by atoms with E-state index in [2.05, 4.69) is 0 Å². The molecular weight excluding hydrogens is 326 g/mol. The van der Waals surface area contributed by atoms with Gasteiger partial charge in [0.1, 0.15) is 11.3 Å². The van der Waals surface area contributed by atoms with Crippen molar-refractivity contribution in [3.05, 3.63) is 51.2 Å². The van der Waals surface area contributed by atoms with Crippen LogP contribution in [-0.4, -0.2) is 35.5 Å². The minimum absolute atomic E-state index is 0.0299. The third kappa shape index (κ3) is 4.22. The number of likely N-dealkylation sites (N-methyl/N-ethyl adjacent to an activating group) is 1. The Morgan fingerprint density at radius 2 is 2.14 bits per heavy atom. The first-order valence-corrected chi connectivity index (χ1v) is 7.70. The minimum atomic E-state index is -0.772. The molecule has 0 radical (unpaired) electrons. The first kappa shape index (κ1) is 16.3. The molecule has 0 unspecified atom stereocenters. The fraction of sp³-hybridized carbons (Fsp3) is 0.200. The van der Waals surface area contributed by atoms with E-state index in [0.29, 0.717) is 11.6 Å². The molecule has 1 heterocycles. The van der Waals surface area contributed by atoms with Crippen LogP contribution < -0.4 is 0 Å². The zero-order chi connectivity index (χ0) is 16.1. The average molecular weight is 340 g/mol. The van der Waals surface area contributed by atoms with Crippen LogP contribution in [0.1, 0.15) is 15.9 Å². The third-order valence-electron chi connectivity index (χ3n) is 2.93. The maximum Gasteiger partial charge on any atom is 0.342 e. The highest BCUT2D eigenvalue weighted by Gasteiger charge is 2.16. The van der Waals surface area contributed by atoms with Crippen molar-refractivity contribution in [2.75, 3.05) is 13.7 Å². The summed E-state index contributed by atoms with van der Waals surface area (Å²) in [5.74, 6) is -1.38. The van der Waals surface area contributed by atoms with Crippen LogP contribution in [0.3, 0.4) is 0 Å². The number of thiophene rings is 1. The fourth-order valence-corrected chi connectivity index (χ4v) is 2.56. The molecule has 0 saturated carbocycles. The molecule has 0 spiro atoms. The molecule has 0 aliphatic carbocycles. The number of nitrogens with zero attached hydrogens (tertiary/aromatic N) is 1. The molecule has 1 N–H and O–H groups in total. The van der Waals surface area contributed by atoms with Crippen molar-refractivity contribution in [3.8, 4) is 5.75 Å². The molecule has 0 fully saturated rings. The summed E-state index contributed by atoms with van der Waals surface area (Å²) in [5.41, 5.74) is 0.986. The summed E-state index contributed by atoms with van der Waals surface area (Å²) in [6.07, 6.45) is 0.